The molecule has 2 saturated heterocycles. The van der Waals surface area contributed by atoms with Crippen molar-refractivity contribution in [3.8, 4) is 0 Å². The maximum atomic E-state index is 13.2. The molecular weight excluding hydrogens is 919 g/mol. The molecule has 2 heterocycles. The summed E-state index contributed by atoms with van der Waals surface area (Å²) in [7, 11) is 0. The molecule has 1 amide bonds. The zero-order valence-corrected chi connectivity index (χ0v) is 45.2. The SMILES string of the molecule is CCCCCCCCCC/C=C\CCCCCCCCCCCCCC(=O)NC(COC1OC(CO)C(OC2OC(CO)C(O)C(O)C2O)C(O)C1O)C(O)/C=C/CC/C=C/CCCCCCCCCCC. The van der Waals surface area contributed by atoms with E-state index in [2.05, 4.69) is 43.5 Å². The van der Waals surface area contributed by atoms with Crippen LogP contribution in [0.15, 0.2) is 36.5 Å². The van der Waals surface area contributed by atoms with Crippen LogP contribution in [0.3, 0.4) is 0 Å². The number of allylic oxidation sites excluding steroid dienone is 5. The van der Waals surface area contributed by atoms with Crippen LogP contribution in [0.2, 0.25) is 0 Å². The number of hydrogen-bond donors (Lipinski definition) is 9. The lowest BCUT2D eigenvalue weighted by molar-refractivity contribution is -0.359. The number of unbranched alkanes of at least 4 members (excludes halogenated alkanes) is 29. The van der Waals surface area contributed by atoms with Crippen LogP contribution in [0.1, 0.15) is 232 Å². The molecule has 14 nitrogen and oxygen atoms in total. The summed E-state index contributed by atoms with van der Waals surface area (Å²) in [5.41, 5.74) is 0. The van der Waals surface area contributed by atoms with Gasteiger partial charge in [-0.3, -0.25) is 4.79 Å². The molecule has 0 spiro atoms. The van der Waals surface area contributed by atoms with Gasteiger partial charge in [0.15, 0.2) is 12.6 Å². The number of carbonyl (C=O) groups excluding carboxylic acids is 1. The Kier molecular flexibility index (Phi) is 40.9. The Labute approximate surface area is 436 Å². The second kappa shape index (κ2) is 44.3. The number of carbonyl (C=O) groups is 1. The van der Waals surface area contributed by atoms with Crippen LogP contribution in [0.4, 0.5) is 0 Å². The lowest BCUT2D eigenvalue weighted by Crippen LogP contribution is -2.65. The largest absolute Gasteiger partial charge is 0.394 e. The van der Waals surface area contributed by atoms with E-state index in [-0.39, 0.29) is 18.9 Å². The van der Waals surface area contributed by atoms with E-state index in [4.69, 9.17) is 18.9 Å². The van der Waals surface area contributed by atoms with Gasteiger partial charge in [0, 0.05) is 6.42 Å². The highest BCUT2D eigenvalue weighted by molar-refractivity contribution is 5.76. The fourth-order valence-electron chi connectivity index (χ4n) is 9.54. The van der Waals surface area contributed by atoms with E-state index in [1.54, 1.807) is 6.08 Å². The molecule has 14 heteroatoms. The molecule has 2 fully saturated rings. The molecular formula is C58H107NO13. The van der Waals surface area contributed by atoms with Crippen molar-refractivity contribution in [3.63, 3.8) is 0 Å². The van der Waals surface area contributed by atoms with E-state index < -0.39 is 86.8 Å². The van der Waals surface area contributed by atoms with Crippen LogP contribution in [0.25, 0.3) is 0 Å². The predicted octanol–water partition coefficient (Wildman–Crippen LogP) is 9.44. The fourth-order valence-corrected chi connectivity index (χ4v) is 9.54. The third-order valence-corrected chi connectivity index (χ3v) is 14.3. The minimum Gasteiger partial charge on any atom is -0.394 e. The molecule has 2 rings (SSSR count). The minimum absolute atomic E-state index is 0.249. The van der Waals surface area contributed by atoms with Gasteiger partial charge in [-0.1, -0.05) is 204 Å². The molecule has 2 aliphatic rings. The smallest absolute Gasteiger partial charge is 0.220 e. The highest BCUT2D eigenvalue weighted by atomic mass is 16.7. The molecule has 0 aromatic rings. The maximum Gasteiger partial charge on any atom is 0.220 e. The number of amides is 1. The topological polar surface area (TPSA) is 228 Å². The average molecular weight is 1030 g/mol. The van der Waals surface area contributed by atoms with Crippen LogP contribution in [0, 0.1) is 0 Å². The number of ether oxygens (including phenoxy) is 4. The fraction of sp³-hybridized carbons (Fsp3) is 0.879. The summed E-state index contributed by atoms with van der Waals surface area (Å²) in [6.07, 6.45) is 36.1. The average Bonchev–Trinajstić information content (AvgIpc) is 3.38. The predicted molar refractivity (Wildman–Crippen MR) is 286 cm³/mol. The molecule has 72 heavy (non-hydrogen) atoms. The van der Waals surface area contributed by atoms with Gasteiger partial charge in [-0.2, -0.15) is 0 Å². The van der Waals surface area contributed by atoms with Crippen molar-refractivity contribution in [2.24, 2.45) is 0 Å². The molecule has 0 bridgehead atoms. The first-order valence-electron chi connectivity index (χ1n) is 29.2. The first-order valence-corrected chi connectivity index (χ1v) is 29.2. The highest BCUT2D eigenvalue weighted by Gasteiger charge is 2.51. The highest BCUT2D eigenvalue weighted by Crippen LogP contribution is 2.30. The van der Waals surface area contributed by atoms with Crippen molar-refractivity contribution in [3.05, 3.63) is 36.5 Å². The summed E-state index contributed by atoms with van der Waals surface area (Å²) in [5.74, 6) is -0.249. The van der Waals surface area contributed by atoms with E-state index in [1.165, 1.54) is 167 Å². The van der Waals surface area contributed by atoms with Crippen molar-refractivity contribution in [2.45, 2.75) is 306 Å². The van der Waals surface area contributed by atoms with Gasteiger partial charge < -0.3 is 65.1 Å². The number of aliphatic hydroxyl groups is 8. The molecule has 0 saturated carbocycles. The van der Waals surface area contributed by atoms with Crippen molar-refractivity contribution in [2.75, 3.05) is 19.8 Å². The summed E-state index contributed by atoms with van der Waals surface area (Å²) in [4.78, 5) is 13.2. The summed E-state index contributed by atoms with van der Waals surface area (Å²) in [5, 5.41) is 87.0. The zero-order valence-electron chi connectivity index (χ0n) is 45.2. The third-order valence-electron chi connectivity index (χ3n) is 14.3. The number of nitrogens with one attached hydrogen (secondary N) is 1. The monoisotopic (exact) mass is 1030 g/mol. The molecule has 0 radical (unpaired) electrons. The van der Waals surface area contributed by atoms with Gasteiger partial charge in [0.25, 0.3) is 0 Å². The van der Waals surface area contributed by atoms with Crippen molar-refractivity contribution in [1.29, 1.82) is 0 Å². The standard InChI is InChI=1S/C58H107NO13/c1-3-5-7-9-11-13-15-17-19-20-21-22-23-24-25-26-28-30-32-34-36-38-40-42-50(63)59-46(47(62)41-39-37-35-33-31-29-27-18-16-14-12-10-8-6-4-2)45-69-57-55(68)53(66)56(49(44-61)71-57)72-58-54(67)52(65)51(64)48(43-60)70-58/h20-21,31,33,39,41,46-49,51-58,60-62,64-68H,3-19,22-30,32,34-38,40,42-45H2,1-2H3,(H,59,63)/b21-20-,33-31+,41-39+. The Morgan fingerprint density at radius 1 is 0.486 bits per heavy atom. The molecule has 422 valence electrons. The molecule has 0 aromatic heterocycles. The number of aliphatic hydroxyl groups excluding tert-OH is 8. The Hall–Kier alpha value is -1.79. The quantitative estimate of drug-likeness (QED) is 0.0205. The van der Waals surface area contributed by atoms with Crippen LogP contribution in [0.5, 0.6) is 0 Å². The molecule has 12 atom stereocenters. The van der Waals surface area contributed by atoms with E-state index in [0.717, 1.165) is 32.1 Å². The molecule has 0 aromatic carbocycles. The lowest BCUT2D eigenvalue weighted by Gasteiger charge is -2.46. The van der Waals surface area contributed by atoms with E-state index >= 15 is 0 Å². The number of rotatable bonds is 46. The van der Waals surface area contributed by atoms with Gasteiger partial charge in [0.2, 0.25) is 5.91 Å². The molecule has 0 aliphatic carbocycles. The molecule has 2 aliphatic heterocycles. The second-order valence-corrected chi connectivity index (χ2v) is 20.8. The minimum atomic E-state index is -1.79. The Balaban J connectivity index is 1.77. The molecule has 12 unspecified atom stereocenters. The van der Waals surface area contributed by atoms with Crippen LogP contribution >= 0.6 is 0 Å². The van der Waals surface area contributed by atoms with E-state index in [1.807, 2.05) is 6.08 Å². The Morgan fingerprint density at radius 3 is 1.36 bits per heavy atom. The van der Waals surface area contributed by atoms with Crippen LogP contribution in [-0.2, 0) is 23.7 Å². The summed E-state index contributed by atoms with van der Waals surface area (Å²) >= 11 is 0. The van der Waals surface area contributed by atoms with Gasteiger partial charge in [-0.15, -0.1) is 0 Å². The van der Waals surface area contributed by atoms with Crippen molar-refractivity contribution < 1.29 is 64.6 Å². The van der Waals surface area contributed by atoms with Gasteiger partial charge in [0.1, 0.15) is 48.8 Å². The van der Waals surface area contributed by atoms with E-state index in [0.29, 0.717) is 12.8 Å². The third kappa shape index (κ3) is 30.1. The van der Waals surface area contributed by atoms with Gasteiger partial charge in [0.05, 0.1) is 32.0 Å². The van der Waals surface area contributed by atoms with Gasteiger partial charge in [-0.05, 0) is 57.8 Å². The number of hydrogen-bond acceptors (Lipinski definition) is 13. The van der Waals surface area contributed by atoms with Gasteiger partial charge >= 0.3 is 0 Å². The normalized spacial score (nSPS) is 25.8. The van der Waals surface area contributed by atoms with Crippen LogP contribution < -0.4 is 5.32 Å². The summed E-state index contributed by atoms with van der Waals surface area (Å²) in [6.45, 7) is 2.78. The Bertz CT molecular complexity index is 1350. The van der Waals surface area contributed by atoms with Crippen molar-refractivity contribution in [1.82, 2.24) is 5.32 Å². The first-order chi connectivity index (χ1) is 35.1. The molecule has 9 N–H and O–H groups in total. The second-order valence-electron chi connectivity index (χ2n) is 20.8. The van der Waals surface area contributed by atoms with Crippen molar-refractivity contribution >= 4 is 5.91 Å². The Morgan fingerprint density at radius 2 is 0.889 bits per heavy atom. The van der Waals surface area contributed by atoms with E-state index in [9.17, 15) is 45.6 Å². The maximum absolute atomic E-state index is 13.2. The van der Waals surface area contributed by atoms with Crippen LogP contribution in [-0.4, -0.2) is 140 Å². The summed E-state index contributed by atoms with van der Waals surface area (Å²) in [6, 6.07) is -0.930. The summed E-state index contributed by atoms with van der Waals surface area (Å²) < 4.78 is 22.7. The zero-order chi connectivity index (χ0) is 52.4. The van der Waals surface area contributed by atoms with Gasteiger partial charge in [-0.25, -0.2) is 0 Å². The lowest BCUT2D eigenvalue weighted by atomic mass is 9.97. The first kappa shape index (κ1) is 66.3.